The summed E-state index contributed by atoms with van der Waals surface area (Å²) < 4.78 is 0.932. The van der Waals surface area contributed by atoms with Gasteiger partial charge in [0.2, 0.25) is 5.91 Å². The maximum Gasteiger partial charge on any atom is 0.255 e. The summed E-state index contributed by atoms with van der Waals surface area (Å²) in [6, 6.07) is 13.5. The number of hydrogen-bond donors (Lipinski definition) is 2. The van der Waals surface area contributed by atoms with Crippen LogP contribution in [-0.2, 0) is 0 Å². The smallest absolute Gasteiger partial charge is 0.255 e. The predicted octanol–water partition coefficient (Wildman–Crippen LogP) is 2.80. The van der Waals surface area contributed by atoms with Gasteiger partial charge in [-0.1, -0.05) is 22.0 Å². The minimum absolute atomic E-state index is 0.287. The van der Waals surface area contributed by atoms with E-state index in [1.54, 1.807) is 30.3 Å². The highest BCUT2D eigenvalue weighted by molar-refractivity contribution is 9.10. The first kappa shape index (κ1) is 13.3. The maximum absolute atomic E-state index is 12.0. The first-order chi connectivity index (χ1) is 9.06. The lowest BCUT2D eigenvalue weighted by Crippen LogP contribution is -2.15. The van der Waals surface area contributed by atoms with Crippen molar-refractivity contribution in [3.8, 4) is 0 Å². The van der Waals surface area contributed by atoms with Crippen molar-refractivity contribution in [3.63, 3.8) is 0 Å². The number of nitrogens with one attached hydrogen (secondary N) is 1. The number of nitrogens with two attached hydrogens (primary N) is 1. The Morgan fingerprint density at radius 1 is 1.00 bits per heavy atom. The molecule has 96 valence electrons. The summed E-state index contributed by atoms with van der Waals surface area (Å²) in [6.07, 6.45) is 0. The van der Waals surface area contributed by atoms with E-state index >= 15 is 0 Å². The molecule has 0 spiro atoms. The fraction of sp³-hybridized carbons (Fsp3) is 0. The molecule has 2 aromatic rings. The molecular formula is C14H11BrN2O2. The minimum Gasteiger partial charge on any atom is -0.366 e. The van der Waals surface area contributed by atoms with Gasteiger partial charge in [0, 0.05) is 21.3 Å². The maximum atomic E-state index is 12.0. The quantitative estimate of drug-likeness (QED) is 0.913. The second kappa shape index (κ2) is 5.67. The third-order valence-corrected chi connectivity index (χ3v) is 3.04. The van der Waals surface area contributed by atoms with Crippen LogP contribution in [0.3, 0.4) is 0 Å². The zero-order valence-corrected chi connectivity index (χ0v) is 11.5. The molecule has 0 aliphatic carbocycles. The molecule has 0 fully saturated rings. The summed E-state index contributed by atoms with van der Waals surface area (Å²) in [5.74, 6) is -0.844. The zero-order valence-electron chi connectivity index (χ0n) is 9.89. The highest BCUT2D eigenvalue weighted by atomic mass is 79.9. The monoisotopic (exact) mass is 318 g/mol. The van der Waals surface area contributed by atoms with E-state index in [4.69, 9.17) is 5.73 Å². The summed E-state index contributed by atoms with van der Waals surface area (Å²) in [5, 5.41) is 2.74. The van der Waals surface area contributed by atoms with Gasteiger partial charge in [-0.3, -0.25) is 9.59 Å². The lowest BCUT2D eigenvalue weighted by Gasteiger charge is -2.06. The highest BCUT2D eigenvalue weighted by Gasteiger charge is 2.08. The number of hydrogen-bond acceptors (Lipinski definition) is 2. The molecule has 0 aromatic heterocycles. The number of carbonyl (C=O) groups excluding carboxylic acids is 2. The van der Waals surface area contributed by atoms with Crippen LogP contribution >= 0.6 is 15.9 Å². The summed E-state index contributed by atoms with van der Waals surface area (Å²) in [5.41, 5.74) is 6.55. The molecule has 0 saturated heterocycles. The topological polar surface area (TPSA) is 72.2 Å². The fourth-order valence-corrected chi connectivity index (χ4v) is 1.81. The Kier molecular flexibility index (Phi) is 3.97. The third-order valence-electron chi connectivity index (χ3n) is 2.51. The second-order valence-corrected chi connectivity index (χ2v) is 4.82. The Hall–Kier alpha value is -2.14. The Morgan fingerprint density at radius 2 is 1.63 bits per heavy atom. The molecule has 2 amide bonds. The van der Waals surface area contributed by atoms with E-state index in [9.17, 15) is 9.59 Å². The van der Waals surface area contributed by atoms with Crippen molar-refractivity contribution in [3.05, 3.63) is 64.1 Å². The highest BCUT2D eigenvalue weighted by Crippen LogP contribution is 2.15. The van der Waals surface area contributed by atoms with Crippen molar-refractivity contribution in [1.82, 2.24) is 0 Å². The van der Waals surface area contributed by atoms with Gasteiger partial charge in [0.15, 0.2) is 0 Å². The molecule has 4 nitrogen and oxygen atoms in total. The van der Waals surface area contributed by atoms with E-state index in [1.807, 2.05) is 12.1 Å². The van der Waals surface area contributed by atoms with Gasteiger partial charge in [-0.2, -0.15) is 0 Å². The Morgan fingerprint density at radius 3 is 2.26 bits per heavy atom. The Bertz CT molecular complexity index is 624. The molecule has 0 aliphatic heterocycles. The molecule has 0 saturated carbocycles. The number of benzene rings is 2. The molecule has 19 heavy (non-hydrogen) atoms. The molecular weight excluding hydrogens is 308 g/mol. The van der Waals surface area contributed by atoms with Crippen molar-refractivity contribution in [2.75, 3.05) is 5.32 Å². The van der Waals surface area contributed by atoms with Crippen LogP contribution < -0.4 is 11.1 Å². The molecule has 0 heterocycles. The summed E-state index contributed by atoms with van der Waals surface area (Å²) >= 11 is 3.32. The van der Waals surface area contributed by atoms with Crippen molar-refractivity contribution >= 4 is 33.4 Å². The van der Waals surface area contributed by atoms with E-state index in [-0.39, 0.29) is 5.91 Å². The lowest BCUT2D eigenvalue weighted by molar-refractivity contribution is 0.1000. The van der Waals surface area contributed by atoms with Gasteiger partial charge < -0.3 is 11.1 Å². The summed E-state index contributed by atoms with van der Waals surface area (Å²) in [6.45, 7) is 0. The molecule has 0 atom stereocenters. The van der Waals surface area contributed by atoms with Gasteiger partial charge in [0.05, 0.1) is 0 Å². The van der Waals surface area contributed by atoms with Crippen LogP contribution in [-0.4, -0.2) is 11.8 Å². The van der Waals surface area contributed by atoms with Gasteiger partial charge >= 0.3 is 0 Å². The van der Waals surface area contributed by atoms with Crippen LogP contribution in [0.5, 0.6) is 0 Å². The van der Waals surface area contributed by atoms with E-state index < -0.39 is 5.91 Å². The van der Waals surface area contributed by atoms with Gasteiger partial charge in [-0.25, -0.2) is 0 Å². The van der Waals surface area contributed by atoms with E-state index in [2.05, 4.69) is 21.2 Å². The molecule has 3 N–H and O–H groups in total. The molecule has 0 radical (unpaired) electrons. The molecule has 0 unspecified atom stereocenters. The van der Waals surface area contributed by atoms with Gasteiger partial charge in [-0.15, -0.1) is 0 Å². The number of carbonyl (C=O) groups is 2. The minimum atomic E-state index is -0.557. The van der Waals surface area contributed by atoms with Crippen molar-refractivity contribution < 1.29 is 9.59 Å². The van der Waals surface area contributed by atoms with Crippen molar-refractivity contribution in [2.24, 2.45) is 5.73 Å². The summed E-state index contributed by atoms with van der Waals surface area (Å²) in [7, 11) is 0. The van der Waals surface area contributed by atoms with Crippen molar-refractivity contribution in [2.45, 2.75) is 0 Å². The molecule has 2 aromatic carbocycles. The average molecular weight is 319 g/mol. The lowest BCUT2D eigenvalue weighted by atomic mass is 10.1. The molecule has 0 aliphatic rings. The van der Waals surface area contributed by atoms with Crippen LogP contribution in [0.4, 0.5) is 5.69 Å². The Labute approximate surface area is 118 Å². The van der Waals surface area contributed by atoms with E-state index in [0.29, 0.717) is 16.8 Å². The molecule has 2 rings (SSSR count). The number of anilines is 1. The molecule has 5 heteroatoms. The average Bonchev–Trinajstić information content (AvgIpc) is 2.41. The first-order valence-electron chi connectivity index (χ1n) is 5.53. The van der Waals surface area contributed by atoms with Gasteiger partial charge in [0.25, 0.3) is 5.91 Å². The largest absolute Gasteiger partial charge is 0.366 e. The number of primary amides is 1. The van der Waals surface area contributed by atoms with Crippen LogP contribution in [0.1, 0.15) is 20.7 Å². The summed E-state index contributed by atoms with van der Waals surface area (Å²) in [4.78, 5) is 23.1. The van der Waals surface area contributed by atoms with Crippen LogP contribution in [0, 0.1) is 0 Å². The molecule has 0 bridgehead atoms. The Balaban J connectivity index is 2.18. The standard InChI is InChI=1S/C14H11BrN2O2/c15-11-4-6-12(7-5-11)17-14(19)10-3-1-2-9(8-10)13(16)18/h1-8H,(H2,16,18)(H,17,19). The van der Waals surface area contributed by atoms with Gasteiger partial charge in [0.1, 0.15) is 0 Å². The predicted molar refractivity (Wildman–Crippen MR) is 77.1 cm³/mol. The fourth-order valence-electron chi connectivity index (χ4n) is 1.55. The van der Waals surface area contributed by atoms with E-state index in [0.717, 1.165) is 4.47 Å². The van der Waals surface area contributed by atoms with Crippen molar-refractivity contribution in [1.29, 1.82) is 0 Å². The zero-order chi connectivity index (χ0) is 13.8. The van der Waals surface area contributed by atoms with Crippen LogP contribution in [0.25, 0.3) is 0 Å². The van der Waals surface area contributed by atoms with Gasteiger partial charge in [-0.05, 0) is 42.5 Å². The van der Waals surface area contributed by atoms with Crippen LogP contribution in [0.2, 0.25) is 0 Å². The van der Waals surface area contributed by atoms with Crippen LogP contribution in [0.15, 0.2) is 53.0 Å². The number of halogens is 1. The number of amides is 2. The SMILES string of the molecule is NC(=O)c1cccc(C(=O)Nc2ccc(Br)cc2)c1. The third kappa shape index (κ3) is 3.42. The second-order valence-electron chi connectivity index (χ2n) is 3.91. The first-order valence-corrected chi connectivity index (χ1v) is 6.32. The van der Waals surface area contributed by atoms with E-state index in [1.165, 1.54) is 6.07 Å². The number of rotatable bonds is 3. The normalized spacial score (nSPS) is 9.95.